The number of hydrogen-bond donors (Lipinski definition) is 3. The van der Waals surface area contributed by atoms with E-state index >= 15 is 0 Å². The maximum atomic E-state index is 11.0. The van der Waals surface area contributed by atoms with E-state index in [0.29, 0.717) is 12.2 Å². The van der Waals surface area contributed by atoms with Crippen molar-refractivity contribution in [2.75, 3.05) is 26.1 Å². The summed E-state index contributed by atoms with van der Waals surface area (Å²) >= 11 is 0. The zero-order valence-electron chi connectivity index (χ0n) is 22.0. The molecule has 0 amide bonds. The van der Waals surface area contributed by atoms with Gasteiger partial charge < -0.3 is 29.7 Å². The van der Waals surface area contributed by atoms with Crippen LogP contribution in [-0.2, 0) is 10.3 Å². The lowest BCUT2D eigenvalue weighted by molar-refractivity contribution is -0.0482. The molecule has 1 aromatic heterocycles. The molecule has 3 aromatic carbocycles. The topological polar surface area (TPSA) is 106 Å². The normalized spacial score (nSPS) is 20.9. The van der Waals surface area contributed by atoms with Crippen LogP contribution in [0.25, 0.3) is 0 Å². The molecule has 5 rings (SSSR count). The van der Waals surface area contributed by atoms with Crippen LogP contribution in [0.5, 0.6) is 11.5 Å². The monoisotopic (exact) mass is 527 g/mol. The van der Waals surface area contributed by atoms with E-state index < -0.39 is 17.8 Å². The average molecular weight is 528 g/mol. The molecule has 1 fully saturated rings. The molecule has 0 radical (unpaired) electrons. The van der Waals surface area contributed by atoms with Crippen LogP contribution < -0.4 is 14.8 Å². The van der Waals surface area contributed by atoms with Crippen molar-refractivity contribution in [3.8, 4) is 11.5 Å². The number of rotatable bonds is 10. The van der Waals surface area contributed by atoms with Gasteiger partial charge in [0.2, 0.25) is 0 Å². The minimum Gasteiger partial charge on any atom is -0.497 e. The summed E-state index contributed by atoms with van der Waals surface area (Å²) in [5, 5.41) is 25.1. The van der Waals surface area contributed by atoms with Gasteiger partial charge in [-0.15, -0.1) is 0 Å². The van der Waals surface area contributed by atoms with E-state index in [1.807, 2.05) is 78.9 Å². The molecular formula is C31H33N3O5. The zero-order chi connectivity index (χ0) is 27.2. The number of nitrogens with one attached hydrogen (secondary N) is 1. The van der Waals surface area contributed by atoms with Crippen LogP contribution in [-0.4, -0.2) is 59.3 Å². The first kappa shape index (κ1) is 26.6. The summed E-state index contributed by atoms with van der Waals surface area (Å²) in [5.74, 6) is 1.75. The number of anilines is 1. The predicted octanol–water partition coefficient (Wildman–Crippen LogP) is 4.02. The Labute approximate surface area is 228 Å². The van der Waals surface area contributed by atoms with Crippen molar-refractivity contribution in [3.05, 3.63) is 114 Å². The van der Waals surface area contributed by atoms with E-state index in [1.54, 1.807) is 26.5 Å². The second kappa shape index (κ2) is 11.8. The predicted molar refractivity (Wildman–Crippen MR) is 148 cm³/mol. The van der Waals surface area contributed by atoms with E-state index in [-0.39, 0.29) is 18.6 Å². The van der Waals surface area contributed by atoms with Crippen LogP contribution in [0.4, 0.5) is 5.82 Å². The molecule has 1 aliphatic carbocycles. The standard InChI is InChI=1S/C31H33N3O5/c1-37-25-12-8-23(9-13-25)31(22-6-4-3-5-7-22,24-10-14-26(38-2)15-11-24)39-19-21-18-27(30(36)29(21)35)34-28-16-17-32-20-33-28/h3-17,20-21,27,29-30,35-36H,18-19H2,1-2H3,(H,32,33,34)/t21-,27-,29-,30+/m1/s1. The molecule has 0 bridgehead atoms. The molecule has 1 heterocycles. The van der Waals surface area contributed by atoms with Gasteiger partial charge in [-0.05, 0) is 53.4 Å². The smallest absolute Gasteiger partial charge is 0.143 e. The Bertz CT molecular complexity index is 1270. The van der Waals surface area contributed by atoms with Gasteiger partial charge in [-0.3, -0.25) is 0 Å². The minimum atomic E-state index is -0.997. The van der Waals surface area contributed by atoms with Crippen LogP contribution in [0.3, 0.4) is 0 Å². The van der Waals surface area contributed by atoms with Crippen LogP contribution in [0.15, 0.2) is 97.5 Å². The summed E-state index contributed by atoms with van der Waals surface area (Å²) in [7, 11) is 3.27. The van der Waals surface area contributed by atoms with E-state index in [9.17, 15) is 10.2 Å². The van der Waals surface area contributed by atoms with E-state index in [0.717, 1.165) is 28.2 Å². The van der Waals surface area contributed by atoms with Crippen molar-refractivity contribution >= 4 is 5.82 Å². The van der Waals surface area contributed by atoms with Gasteiger partial charge in [0.25, 0.3) is 0 Å². The fraction of sp³-hybridized carbons (Fsp3) is 0.290. The lowest BCUT2D eigenvalue weighted by atomic mass is 9.79. The number of aliphatic hydroxyl groups excluding tert-OH is 2. The molecule has 0 saturated heterocycles. The van der Waals surface area contributed by atoms with Crippen LogP contribution in [0.1, 0.15) is 23.1 Å². The highest BCUT2D eigenvalue weighted by Crippen LogP contribution is 2.43. The van der Waals surface area contributed by atoms with Crippen molar-refractivity contribution < 1.29 is 24.4 Å². The zero-order valence-corrected chi connectivity index (χ0v) is 22.0. The molecular weight excluding hydrogens is 494 g/mol. The third-order valence-corrected chi connectivity index (χ3v) is 7.40. The van der Waals surface area contributed by atoms with Crippen LogP contribution in [0.2, 0.25) is 0 Å². The van der Waals surface area contributed by atoms with Crippen molar-refractivity contribution in [2.24, 2.45) is 5.92 Å². The lowest BCUT2D eigenvalue weighted by Crippen LogP contribution is -2.38. The van der Waals surface area contributed by atoms with Gasteiger partial charge in [-0.2, -0.15) is 0 Å². The molecule has 8 heteroatoms. The van der Waals surface area contributed by atoms with Crippen molar-refractivity contribution in [1.82, 2.24) is 9.97 Å². The summed E-state index contributed by atoms with van der Waals surface area (Å²) < 4.78 is 17.8. The van der Waals surface area contributed by atoms with Gasteiger partial charge in [-0.1, -0.05) is 54.6 Å². The van der Waals surface area contributed by atoms with E-state index in [4.69, 9.17) is 14.2 Å². The summed E-state index contributed by atoms with van der Waals surface area (Å²) in [4.78, 5) is 8.13. The third-order valence-electron chi connectivity index (χ3n) is 7.40. The summed E-state index contributed by atoms with van der Waals surface area (Å²) in [6.07, 6.45) is 1.64. The number of aliphatic hydroxyl groups is 2. The Morgan fingerprint density at radius 2 is 1.38 bits per heavy atom. The molecule has 8 nitrogen and oxygen atoms in total. The highest BCUT2D eigenvalue weighted by molar-refractivity contribution is 5.49. The van der Waals surface area contributed by atoms with E-state index in [2.05, 4.69) is 15.3 Å². The molecule has 0 unspecified atom stereocenters. The van der Waals surface area contributed by atoms with Crippen molar-refractivity contribution in [1.29, 1.82) is 0 Å². The largest absolute Gasteiger partial charge is 0.497 e. The van der Waals surface area contributed by atoms with Gasteiger partial charge in [0.1, 0.15) is 35.3 Å². The molecule has 4 atom stereocenters. The number of aromatic nitrogens is 2. The van der Waals surface area contributed by atoms with Gasteiger partial charge in [-0.25, -0.2) is 9.97 Å². The SMILES string of the molecule is COc1ccc(C(OC[C@H]2C[C@@H](Nc3ccncn3)[C@H](O)[C@@H]2O)(c2ccccc2)c2ccc(OC)cc2)cc1. The minimum absolute atomic E-state index is 0.202. The van der Waals surface area contributed by atoms with Crippen LogP contribution >= 0.6 is 0 Å². The molecule has 202 valence electrons. The highest BCUT2D eigenvalue weighted by atomic mass is 16.5. The molecule has 1 saturated carbocycles. The fourth-order valence-corrected chi connectivity index (χ4v) is 5.31. The van der Waals surface area contributed by atoms with Crippen molar-refractivity contribution in [2.45, 2.75) is 30.3 Å². The van der Waals surface area contributed by atoms with Crippen LogP contribution in [0, 0.1) is 5.92 Å². The Morgan fingerprint density at radius 1 is 0.795 bits per heavy atom. The second-order valence-corrected chi connectivity index (χ2v) is 9.64. The lowest BCUT2D eigenvalue weighted by Gasteiger charge is -2.37. The second-order valence-electron chi connectivity index (χ2n) is 9.64. The first-order valence-corrected chi connectivity index (χ1v) is 12.9. The summed E-state index contributed by atoms with van der Waals surface area (Å²) in [6, 6.07) is 27.0. The molecule has 0 spiro atoms. The fourth-order valence-electron chi connectivity index (χ4n) is 5.31. The number of methoxy groups -OCH3 is 2. The Hall–Kier alpha value is -3.98. The number of benzene rings is 3. The van der Waals surface area contributed by atoms with E-state index in [1.165, 1.54) is 6.33 Å². The summed E-state index contributed by atoms with van der Waals surface area (Å²) in [6.45, 7) is 0.202. The number of ether oxygens (including phenoxy) is 3. The Morgan fingerprint density at radius 3 is 1.92 bits per heavy atom. The van der Waals surface area contributed by atoms with Gasteiger partial charge >= 0.3 is 0 Å². The maximum absolute atomic E-state index is 11.0. The molecule has 4 aromatic rings. The Kier molecular flexibility index (Phi) is 8.07. The number of nitrogens with zero attached hydrogens (tertiary/aromatic N) is 2. The molecule has 39 heavy (non-hydrogen) atoms. The molecule has 0 aliphatic heterocycles. The first-order valence-electron chi connectivity index (χ1n) is 12.9. The molecule has 1 aliphatic rings. The molecule has 3 N–H and O–H groups in total. The quantitative estimate of drug-likeness (QED) is 0.266. The third kappa shape index (κ3) is 5.45. The maximum Gasteiger partial charge on any atom is 0.143 e. The average Bonchev–Trinajstić information content (AvgIpc) is 3.27. The number of hydrogen-bond acceptors (Lipinski definition) is 8. The van der Waals surface area contributed by atoms with Gasteiger partial charge in [0, 0.05) is 12.1 Å². The van der Waals surface area contributed by atoms with Gasteiger partial charge in [0.05, 0.1) is 33.0 Å². The summed E-state index contributed by atoms with van der Waals surface area (Å²) in [5.41, 5.74) is 1.75. The first-order chi connectivity index (χ1) is 19.0. The highest BCUT2D eigenvalue weighted by Gasteiger charge is 2.44. The Balaban J connectivity index is 1.51. The van der Waals surface area contributed by atoms with Crippen molar-refractivity contribution in [3.63, 3.8) is 0 Å². The van der Waals surface area contributed by atoms with Gasteiger partial charge in [0.15, 0.2) is 0 Å².